The lowest BCUT2D eigenvalue weighted by Crippen LogP contribution is -2.23. The third-order valence-electron chi connectivity index (χ3n) is 8.66. The van der Waals surface area contributed by atoms with Gasteiger partial charge in [0, 0.05) is 31.0 Å². The van der Waals surface area contributed by atoms with Gasteiger partial charge in [0.15, 0.2) is 34.0 Å². The number of nitrogens with zero attached hydrogens (tertiary/aromatic N) is 6. The second kappa shape index (κ2) is 13.7. The minimum absolute atomic E-state index is 0.0184. The fourth-order valence-corrected chi connectivity index (χ4v) is 6.55. The second-order valence-electron chi connectivity index (χ2n) is 12.0. The van der Waals surface area contributed by atoms with Crippen molar-refractivity contribution in [1.29, 1.82) is 0 Å². The number of fused-ring (bicyclic) bond motifs is 2. The summed E-state index contributed by atoms with van der Waals surface area (Å²) in [5.74, 6) is 0.492. The van der Waals surface area contributed by atoms with Gasteiger partial charge in [-0.3, -0.25) is 18.7 Å². The lowest BCUT2D eigenvalue weighted by Gasteiger charge is -2.11. The molecule has 244 valence electrons. The normalized spacial score (nSPS) is 15.6. The highest BCUT2D eigenvalue weighted by molar-refractivity contribution is 6.28. The Morgan fingerprint density at radius 3 is 1.85 bits per heavy atom. The summed E-state index contributed by atoms with van der Waals surface area (Å²) in [6.45, 7) is 4.90. The van der Waals surface area contributed by atoms with Crippen LogP contribution in [0.2, 0.25) is 5.28 Å². The van der Waals surface area contributed by atoms with Crippen LogP contribution in [0.1, 0.15) is 102 Å². The number of imidazole rings is 2. The number of aromatic nitrogens is 8. The minimum Gasteiger partial charge on any atom is -0.425 e. The molecule has 0 radical (unpaired) electrons. The van der Waals surface area contributed by atoms with Crippen molar-refractivity contribution in [1.82, 2.24) is 39.0 Å². The molecular weight excluding hydrogens is 618 g/mol. The van der Waals surface area contributed by atoms with E-state index in [2.05, 4.69) is 29.9 Å². The summed E-state index contributed by atoms with van der Waals surface area (Å²) in [4.78, 5) is 49.1. The molecule has 1 aromatic carbocycles. The van der Waals surface area contributed by atoms with E-state index in [1.54, 1.807) is 0 Å². The fourth-order valence-electron chi connectivity index (χ4n) is 6.31. The smallest absolute Gasteiger partial charge is 0.306 e. The van der Waals surface area contributed by atoms with Gasteiger partial charge in [0.05, 0.1) is 0 Å². The number of benzene rings is 1. The number of halogens is 3. The van der Waals surface area contributed by atoms with Crippen molar-refractivity contribution in [3.63, 3.8) is 0 Å². The fraction of sp³-hybridized carbons (Fsp3) is 0.500. The Balaban J connectivity index is 0.000000172. The van der Waals surface area contributed by atoms with Crippen molar-refractivity contribution < 1.29 is 13.5 Å². The number of H-pyrrole nitrogens is 2. The molecule has 0 spiro atoms. The maximum atomic E-state index is 13.5. The highest BCUT2D eigenvalue weighted by Crippen LogP contribution is 2.34. The van der Waals surface area contributed by atoms with Crippen LogP contribution in [-0.2, 0) is 13.1 Å². The predicted octanol–water partition coefficient (Wildman–Crippen LogP) is 7.10. The van der Waals surface area contributed by atoms with Crippen LogP contribution >= 0.6 is 11.6 Å². The molecule has 14 heteroatoms. The zero-order valence-electron chi connectivity index (χ0n) is 25.9. The van der Waals surface area contributed by atoms with Gasteiger partial charge in [-0.2, -0.15) is 9.97 Å². The first-order valence-corrected chi connectivity index (χ1v) is 16.4. The Morgan fingerprint density at radius 2 is 1.30 bits per heavy atom. The van der Waals surface area contributed by atoms with E-state index in [9.17, 15) is 18.4 Å². The Bertz CT molecular complexity index is 1970. The van der Waals surface area contributed by atoms with E-state index in [1.807, 2.05) is 13.8 Å². The monoisotopic (exact) mass is 654 g/mol. The first-order chi connectivity index (χ1) is 22.3. The molecule has 0 bridgehead atoms. The van der Waals surface area contributed by atoms with E-state index in [0.717, 1.165) is 68.7 Å². The number of rotatable bonds is 8. The van der Waals surface area contributed by atoms with E-state index >= 15 is 0 Å². The number of hydrogen-bond donors (Lipinski definition) is 2. The van der Waals surface area contributed by atoms with E-state index in [-0.39, 0.29) is 33.8 Å². The molecule has 46 heavy (non-hydrogen) atoms. The first-order valence-electron chi connectivity index (χ1n) is 16.1. The van der Waals surface area contributed by atoms with E-state index < -0.39 is 11.6 Å². The minimum atomic E-state index is -1.03. The molecule has 7 rings (SSSR count). The van der Waals surface area contributed by atoms with E-state index in [0.29, 0.717) is 48.0 Å². The van der Waals surface area contributed by atoms with Gasteiger partial charge in [-0.1, -0.05) is 39.5 Å². The van der Waals surface area contributed by atoms with Gasteiger partial charge in [-0.25, -0.2) is 18.7 Å². The van der Waals surface area contributed by atoms with Crippen molar-refractivity contribution >= 4 is 33.9 Å². The molecule has 2 saturated carbocycles. The lowest BCUT2D eigenvalue weighted by molar-refractivity contribution is 0.393. The van der Waals surface area contributed by atoms with Gasteiger partial charge in [0.2, 0.25) is 5.28 Å². The number of ether oxygens (including phenoxy) is 1. The number of nitrogens with one attached hydrogen (secondary N) is 2. The summed E-state index contributed by atoms with van der Waals surface area (Å²) >= 11 is 6.05. The number of hydrogen-bond acceptors (Lipinski definition) is 7. The zero-order chi connectivity index (χ0) is 32.4. The van der Waals surface area contributed by atoms with Crippen LogP contribution in [0, 0.1) is 11.6 Å². The average molecular weight is 655 g/mol. The quantitative estimate of drug-likeness (QED) is 0.170. The van der Waals surface area contributed by atoms with Crippen molar-refractivity contribution in [2.75, 3.05) is 0 Å². The third kappa shape index (κ3) is 6.42. The zero-order valence-corrected chi connectivity index (χ0v) is 26.7. The van der Waals surface area contributed by atoms with Gasteiger partial charge < -0.3 is 14.7 Å². The van der Waals surface area contributed by atoms with Crippen LogP contribution in [-0.4, -0.2) is 39.0 Å². The Morgan fingerprint density at radius 1 is 0.783 bits per heavy atom. The molecule has 2 aliphatic rings. The van der Waals surface area contributed by atoms with Gasteiger partial charge in [0.25, 0.3) is 11.1 Å². The molecular formula is C32H37ClF2N8O3. The van der Waals surface area contributed by atoms with Gasteiger partial charge >= 0.3 is 6.01 Å². The highest BCUT2D eigenvalue weighted by Gasteiger charge is 2.24. The van der Waals surface area contributed by atoms with Crippen LogP contribution in [0.25, 0.3) is 22.3 Å². The largest absolute Gasteiger partial charge is 0.425 e. The van der Waals surface area contributed by atoms with Crippen LogP contribution in [0.15, 0.2) is 27.8 Å². The average Bonchev–Trinajstić information content (AvgIpc) is 3.86. The second-order valence-corrected chi connectivity index (χ2v) is 12.3. The molecule has 2 fully saturated rings. The van der Waals surface area contributed by atoms with E-state index in [1.165, 1.54) is 28.0 Å². The van der Waals surface area contributed by atoms with Crippen LogP contribution in [0.5, 0.6) is 11.8 Å². The van der Waals surface area contributed by atoms with Crippen molar-refractivity contribution in [3.05, 3.63) is 67.5 Å². The topological polar surface area (TPSA) is 136 Å². The molecule has 4 aromatic heterocycles. The Labute approximate surface area is 268 Å². The summed E-state index contributed by atoms with van der Waals surface area (Å²) in [6.07, 6.45) is 10.7. The van der Waals surface area contributed by atoms with Gasteiger partial charge in [-0.05, 0) is 62.3 Å². The van der Waals surface area contributed by atoms with Gasteiger partial charge in [-0.15, -0.1) is 0 Å². The molecule has 0 unspecified atom stereocenters. The molecule has 0 saturated heterocycles. The SMILES string of the molecule is CCCn1c(Cl)nc2nc(C3CCCC3)[nH]c2c1=O.CCCn1c(Oc2ccc(F)c(F)c2)nc2nc(C3CCCC3)[nH]c2c1=O. The molecule has 0 aliphatic heterocycles. The molecule has 4 heterocycles. The molecule has 5 aromatic rings. The summed E-state index contributed by atoms with van der Waals surface area (Å²) in [5.41, 5.74) is 1.17. The maximum Gasteiger partial charge on any atom is 0.306 e. The van der Waals surface area contributed by atoms with Gasteiger partial charge in [0.1, 0.15) is 17.4 Å². The predicted molar refractivity (Wildman–Crippen MR) is 171 cm³/mol. The third-order valence-corrected chi connectivity index (χ3v) is 8.94. The van der Waals surface area contributed by atoms with Crippen molar-refractivity contribution in [3.8, 4) is 11.8 Å². The molecule has 2 aliphatic carbocycles. The highest BCUT2D eigenvalue weighted by atomic mass is 35.5. The van der Waals surface area contributed by atoms with Crippen LogP contribution in [0.4, 0.5) is 8.78 Å². The Kier molecular flexibility index (Phi) is 9.48. The molecule has 0 atom stereocenters. The summed E-state index contributed by atoms with van der Waals surface area (Å²) < 4.78 is 35.1. The first kappa shape index (κ1) is 31.8. The summed E-state index contributed by atoms with van der Waals surface area (Å²) in [6, 6.07) is 3.21. The molecule has 11 nitrogen and oxygen atoms in total. The van der Waals surface area contributed by atoms with Crippen molar-refractivity contribution in [2.45, 2.75) is 103 Å². The lowest BCUT2D eigenvalue weighted by atomic mass is 10.1. The maximum absolute atomic E-state index is 13.5. The summed E-state index contributed by atoms with van der Waals surface area (Å²) in [7, 11) is 0. The molecule has 2 N–H and O–H groups in total. The standard InChI is InChI=1S/C19H20F2N4O2.C13H17ClN4O/c1-2-9-25-18(26)15-17(23-16(22-15)11-5-3-4-6-11)24-19(25)27-12-7-8-13(20)14(21)10-12;1-2-7-18-12(19)9-11(17-13(18)14)16-10(15-9)8-5-3-4-6-8/h7-8,10-11H,2-6,9H2,1H3,(H,22,23);8H,2-7H2,1H3,(H,15,16). The summed E-state index contributed by atoms with van der Waals surface area (Å²) in [5, 5.41) is 0.226. The van der Waals surface area contributed by atoms with E-state index in [4.69, 9.17) is 16.3 Å². The molecule has 0 amide bonds. The van der Waals surface area contributed by atoms with Crippen LogP contribution < -0.4 is 15.9 Å². The number of aromatic amines is 2. The van der Waals surface area contributed by atoms with Crippen LogP contribution in [0.3, 0.4) is 0 Å². The van der Waals surface area contributed by atoms with Crippen molar-refractivity contribution in [2.24, 2.45) is 0 Å². The Hall–Kier alpha value is -4.13.